The molecule has 0 amide bonds. The second-order valence-corrected chi connectivity index (χ2v) is 3.02. The molecule has 1 saturated heterocycles. The van der Waals surface area contributed by atoms with Gasteiger partial charge >= 0.3 is 12.7 Å². The minimum absolute atomic E-state index is 0.138. The lowest BCUT2D eigenvalue weighted by Crippen LogP contribution is -2.53. The smallest absolute Gasteiger partial charge is 0.253 e. The molecule has 0 radical (unpaired) electrons. The van der Waals surface area contributed by atoms with Crippen LogP contribution in [-0.4, -0.2) is 31.0 Å². The molecule has 0 aliphatic carbocycles. The molecular weight excluding hydrogens is 253 g/mol. The lowest BCUT2D eigenvalue weighted by Gasteiger charge is -2.31. The van der Waals surface area contributed by atoms with Crippen molar-refractivity contribution < 1.29 is 44.9 Å². The third-order valence-electron chi connectivity index (χ3n) is 1.73. The lowest BCUT2D eigenvalue weighted by atomic mass is 10.1. The van der Waals surface area contributed by atoms with Crippen molar-refractivity contribution in [2.24, 2.45) is 0 Å². The summed E-state index contributed by atoms with van der Waals surface area (Å²) in [6, 6.07) is 0. The molecular formula is C6H5F7O3. The summed E-state index contributed by atoms with van der Waals surface area (Å²) in [7, 11) is 0. The van der Waals surface area contributed by atoms with Crippen LogP contribution in [0.5, 0.6) is 0 Å². The molecule has 0 bridgehead atoms. The average molecular weight is 258 g/mol. The van der Waals surface area contributed by atoms with E-state index in [0.29, 0.717) is 0 Å². The Bertz CT molecular complexity index is 276. The molecule has 2 atom stereocenters. The molecule has 96 valence electrons. The first-order valence-electron chi connectivity index (χ1n) is 3.73. The van der Waals surface area contributed by atoms with Crippen LogP contribution < -0.4 is 0 Å². The number of rotatable bonds is 2. The van der Waals surface area contributed by atoms with Crippen LogP contribution in [0.3, 0.4) is 0 Å². The fourth-order valence-corrected chi connectivity index (χ4v) is 1.08. The maximum absolute atomic E-state index is 13.3. The highest BCUT2D eigenvalue weighted by molar-refractivity contribution is 4.90. The summed E-state index contributed by atoms with van der Waals surface area (Å²) in [4.78, 5) is 0. The van der Waals surface area contributed by atoms with E-state index in [1.54, 1.807) is 0 Å². The number of hydrogen-bond acceptors (Lipinski definition) is 3. The van der Waals surface area contributed by atoms with Crippen LogP contribution >= 0.6 is 0 Å². The van der Waals surface area contributed by atoms with Gasteiger partial charge in [-0.1, -0.05) is 0 Å². The summed E-state index contributed by atoms with van der Waals surface area (Å²) in [5, 5.41) is 0. The van der Waals surface area contributed by atoms with Crippen molar-refractivity contribution >= 4 is 0 Å². The van der Waals surface area contributed by atoms with Crippen LogP contribution in [-0.2, 0) is 14.2 Å². The molecule has 0 aromatic heterocycles. The molecule has 0 aromatic carbocycles. The van der Waals surface area contributed by atoms with Crippen molar-refractivity contribution in [2.75, 3.05) is 6.67 Å². The van der Waals surface area contributed by atoms with Crippen molar-refractivity contribution in [2.45, 2.75) is 31.2 Å². The maximum atomic E-state index is 13.3. The minimum Gasteiger partial charge on any atom is -0.253 e. The monoisotopic (exact) mass is 258 g/mol. The summed E-state index contributed by atoms with van der Waals surface area (Å²) in [6.45, 7) is -2.17. The first-order valence-corrected chi connectivity index (χ1v) is 3.73. The Morgan fingerprint density at radius 1 is 1.12 bits per heavy atom. The van der Waals surface area contributed by atoms with E-state index in [9.17, 15) is 30.7 Å². The Morgan fingerprint density at radius 2 is 1.62 bits per heavy atom. The number of hydrogen-bond donors (Lipinski definition) is 0. The van der Waals surface area contributed by atoms with E-state index in [4.69, 9.17) is 0 Å². The Kier molecular flexibility index (Phi) is 2.89. The zero-order chi connectivity index (χ0) is 12.8. The van der Waals surface area contributed by atoms with E-state index in [1.165, 1.54) is 0 Å². The van der Waals surface area contributed by atoms with E-state index in [-0.39, 0.29) is 6.92 Å². The molecule has 16 heavy (non-hydrogen) atoms. The standard InChI is InChI=1S/C6H5F7O3/c1-3(8)4(2-7,15-5(9,10)11)16-6(12,13)14-3/h2H2,1H3. The van der Waals surface area contributed by atoms with Crippen molar-refractivity contribution in [1.82, 2.24) is 0 Å². The van der Waals surface area contributed by atoms with Gasteiger partial charge in [0.25, 0.3) is 11.6 Å². The van der Waals surface area contributed by atoms with Gasteiger partial charge in [-0.3, -0.25) is 9.47 Å². The highest BCUT2D eigenvalue weighted by atomic mass is 19.4. The van der Waals surface area contributed by atoms with Gasteiger partial charge in [-0.05, 0) is 0 Å². The highest BCUT2D eigenvalue weighted by Crippen LogP contribution is 2.49. The predicted molar refractivity (Wildman–Crippen MR) is 32.5 cm³/mol. The normalized spacial score (nSPS) is 39.0. The molecule has 0 aromatic rings. The Morgan fingerprint density at radius 3 is 1.88 bits per heavy atom. The molecule has 0 saturated carbocycles. The minimum atomic E-state index is -5.57. The van der Waals surface area contributed by atoms with E-state index in [1.807, 2.05) is 0 Å². The van der Waals surface area contributed by atoms with Gasteiger partial charge in [-0.25, -0.2) is 13.5 Å². The molecule has 3 nitrogen and oxygen atoms in total. The highest BCUT2D eigenvalue weighted by Gasteiger charge is 2.72. The second-order valence-electron chi connectivity index (χ2n) is 3.02. The topological polar surface area (TPSA) is 27.7 Å². The molecule has 0 spiro atoms. The van der Waals surface area contributed by atoms with Crippen molar-refractivity contribution in [3.8, 4) is 0 Å². The van der Waals surface area contributed by atoms with Gasteiger partial charge in [0.15, 0.2) is 0 Å². The van der Waals surface area contributed by atoms with Crippen LogP contribution in [0.2, 0.25) is 0 Å². The molecule has 10 heteroatoms. The molecule has 1 rings (SSSR count). The van der Waals surface area contributed by atoms with Gasteiger partial charge < -0.3 is 0 Å². The Hall–Kier alpha value is -0.610. The Balaban J connectivity index is 3.04. The summed E-state index contributed by atoms with van der Waals surface area (Å²) in [5.41, 5.74) is 0. The van der Waals surface area contributed by atoms with Crippen molar-refractivity contribution in [3.05, 3.63) is 0 Å². The zero-order valence-corrected chi connectivity index (χ0v) is 7.58. The van der Waals surface area contributed by atoms with Gasteiger partial charge in [0, 0.05) is 6.92 Å². The third-order valence-corrected chi connectivity index (χ3v) is 1.73. The first-order chi connectivity index (χ1) is 6.93. The summed E-state index contributed by atoms with van der Waals surface area (Å²) in [5.74, 6) is -7.67. The summed E-state index contributed by atoms with van der Waals surface area (Å²) < 4.78 is 95.1. The van der Waals surface area contributed by atoms with Crippen molar-refractivity contribution in [1.29, 1.82) is 0 Å². The zero-order valence-electron chi connectivity index (χ0n) is 7.58. The number of alkyl halides is 7. The lowest BCUT2D eigenvalue weighted by molar-refractivity contribution is -0.451. The molecule has 2 unspecified atom stereocenters. The summed E-state index contributed by atoms with van der Waals surface area (Å²) >= 11 is 0. The van der Waals surface area contributed by atoms with Crippen molar-refractivity contribution in [3.63, 3.8) is 0 Å². The SMILES string of the molecule is CC1(F)OC(F)(F)OC1(CF)OC(F)(F)F. The van der Waals surface area contributed by atoms with Gasteiger partial charge in [-0.2, -0.15) is 0 Å². The average Bonchev–Trinajstić information content (AvgIpc) is 2.13. The van der Waals surface area contributed by atoms with Crippen LogP contribution in [0.15, 0.2) is 0 Å². The van der Waals surface area contributed by atoms with Gasteiger partial charge in [0.1, 0.15) is 6.67 Å². The predicted octanol–water partition coefficient (Wildman–Crippen LogP) is 2.47. The van der Waals surface area contributed by atoms with Crippen LogP contribution in [0.25, 0.3) is 0 Å². The Labute approximate surface area is 84.1 Å². The van der Waals surface area contributed by atoms with E-state index < -0.39 is 31.0 Å². The van der Waals surface area contributed by atoms with Crippen LogP contribution in [0.1, 0.15) is 6.92 Å². The van der Waals surface area contributed by atoms with Gasteiger partial charge in [0.2, 0.25) is 0 Å². The maximum Gasteiger partial charge on any atom is 0.525 e. The van der Waals surface area contributed by atoms with E-state index in [2.05, 4.69) is 14.2 Å². The summed E-state index contributed by atoms with van der Waals surface area (Å²) in [6.07, 6.45) is -10.3. The van der Waals surface area contributed by atoms with Crippen LogP contribution in [0, 0.1) is 0 Å². The molecule has 1 fully saturated rings. The number of ether oxygens (including phenoxy) is 3. The quantitative estimate of drug-likeness (QED) is 0.712. The number of halogens is 7. The van der Waals surface area contributed by atoms with E-state index in [0.717, 1.165) is 0 Å². The third kappa shape index (κ3) is 2.38. The first kappa shape index (κ1) is 13.5. The second kappa shape index (κ2) is 3.44. The van der Waals surface area contributed by atoms with Gasteiger partial charge in [0.05, 0.1) is 0 Å². The largest absolute Gasteiger partial charge is 0.525 e. The van der Waals surface area contributed by atoms with Crippen LogP contribution in [0.4, 0.5) is 30.7 Å². The van der Waals surface area contributed by atoms with E-state index >= 15 is 0 Å². The molecule has 1 aliphatic heterocycles. The van der Waals surface area contributed by atoms with Gasteiger partial charge in [-0.15, -0.1) is 22.0 Å². The molecule has 0 N–H and O–H groups in total. The fraction of sp³-hybridized carbons (Fsp3) is 1.00. The molecule has 1 aliphatic rings. The fourth-order valence-electron chi connectivity index (χ4n) is 1.08. The molecule has 1 heterocycles.